The Bertz CT molecular complexity index is 520. The van der Waals surface area contributed by atoms with Gasteiger partial charge in [0, 0.05) is 25.6 Å². The SMILES string of the molecule is CCCCCN(CCC(=O)NC(C)C)C(=O)c1cc(C)oc1C. The molecule has 0 spiro atoms. The Hall–Kier alpha value is -1.78. The van der Waals surface area contributed by atoms with E-state index in [9.17, 15) is 9.59 Å². The van der Waals surface area contributed by atoms with Crippen LogP contribution in [0.2, 0.25) is 0 Å². The van der Waals surface area contributed by atoms with Crippen LogP contribution in [0.4, 0.5) is 0 Å². The molecule has 130 valence electrons. The normalized spacial score (nSPS) is 10.9. The summed E-state index contributed by atoms with van der Waals surface area (Å²) >= 11 is 0. The average molecular weight is 322 g/mol. The molecule has 0 radical (unpaired) electrons. The second-order valence-electron chi connectivity index (χ2n) is 6.30. The van der Waals surface area contributed by atoms with Crippen molar-refractivity contribution in [1.29, 1.82) is 0 Å². The van der Waals surface area contributed by atoms with Crippen molar-refractivity contribution in [3.05, 3.63) is 23.2 Å². The molecule has 0 aliphatic carbocycles. The zero-order valence-corrected chi connectivity index (χ0v) is 15.1. The summed E-state index contributed by atoms with van der Waals surface area (Å²) in [5, 5.41) is 2.86. The summed E-state index contributed by atoms with van der Waals surface area (Å²) in [5.74, 6) is 1.30. The number of furan rings is 1. The lowest BCUT2D eigenvalue weighted by atomic mass is 10.1. The van der Waals surface area contributed by atoms with Gasteiger partial charge in [0.2, 0.25) is 5.91 Å². The fourth-order valence-corrected chi connectivity index (χ4v) is 2.51. The molecule has 0 unspecified atom stereocenters. The Morgan fingerprint density at radius 2 is 1.91 bits per heavy atom. The second-order valence-corrected chi connectivity index (χ2v) is 6.30. The lowest BCUT2D eigenvalue weighted by Crippen LogP contribution is -2.37. The largest absolute Gasteiger partial charge is 0.466 e. The molecular weight excluding hydrogens is 292 g/mol. The van der Waals surface area contributed by atoms with Crippen LogP contribution in [-0.2, 0) is 4.79 Å². The van der Waals surface area contributed by atoms with Crippen molar-refractivity contribution in [3.63, 3.8) is 0 Å². The molecule has 2 amide bonds. The van der Waals surface area contributed by atoms with Crippen LogP contribution >= 0.6 is 0 Å². The van der Waals surface area contributed by atoms with Gasteiger partial charge in [-0.05, 0) is 40.2 Å². The molecule has 1 N–H and O–H groups in total. The van der Waals surface area contributed by atoms with Crippen molar-refractivity contribution in [1.82, 2.24) is 10.2 Å². The molecular formula is C18H30N2O3. The van der Waals surface area contributed by atoms with E-state index in [0.717, 1.165) is 25.0 Å². The third kappa shape index (κ3) is 6.47. The number of amides is 2. The maximum atomic E-state index is 12.7. The zero-order valence-electron chi connectivity index (χ0n) is 15.1. The lowest BCUT2D eigenvalue weighted by Gasteiger charge is -2.22. The molecule has 0 saturated carbocycles. The minimum absolute atomic E-state index is 0.0200. The van der Waals surface area contributed by atoms with Gasteiger partial charge in [-0.2, -0.15) is 0 Å². The molecule has 0 aliphatic rings. The molecule has 0 atom stereocenters. The first-order valence-electron chi connectivity index (χ1n) is 8.50. The third-order valence-corrected chi connectivity index (χ3v) is 3.65. The number of nitrogens with one attached hydrogen (secondary N) is 1. The van der Waals surface area contributed by atoms with Gasteiger partial charge in [-0.15, -0.1) is 0 Å². The molecule has 1 rings (SSSR count). The van der Waals surface area contributed by atoms with Gasteiger partial charge in [0.1, 0.15) is 11.5 Å². The molecule has 1 aromatic heterocycles. The van der Waals surface area contributed by atoms with Crippen LogP contribution in [0.3, 0.4) is 0 Å². The standard InChI is InChI=1S/C18H30N2O3/c1-6-7-8-10-20(11-9-17(21)19-13(2)3)18(22)16-12-14(4)23-15(16)5/h12-13H,6-11H2,1-5H3,(H,19,21). The minimum Gasteiger partial charge on any atom is -0.466 e. The summed E-state index contributed by atoms with van der Waals surface area (Å²) < 4.78 is 5.46. The van der Waals surface area contributed by atoms with Gasteiger partial charge in [0.05, 0.1) is 5.56 Å². The summed E-state index contributed by atoms with van der Waals surface area (Å²) in [5.41, 5.74) is 0.600. The first-order valence-corrected chi connectivity index (χ1v) is 8.50. The zero-order chi connectivity index (χ0) is 17.4. The highest BCUT2D eigenvalue weighted by atomic mass is 16.3. The van der Waals surface area contributed by atoms with E-state index in [4.69, 9.17) is 4.42 Å². The number of carbonyl (C=O) groups excluding carboxylic acids is 2. The van der Waals surface area contributed by atoms with E-state index < -0.39 is 0 Å². The number of hydrogen-bond acceptors (Lipinski definition) is 3. The van der Waals surface area contributed by atoms with Crippen molar-refractivity contribution >= 4 is 11.8 Å². The molecule has 1 aromatic rings. The lowest BCUT2D eigenvalue weighted by molar-refractivity contribution is -0.121. The van der Waals surface area contributed by atoms with Crippen molar-refractivity contribution in [2.24, 2.45) is 0 Å². The number of rotatable bonds is 9. The average Bonchev–Trinajstić information content (AvgIpc) is 2.80. The molecule has 5 heteroatoms. The van der Waals surface area contributed by atoms with Crippen LogP contribution in [0, 0.1) is 13.8 Å². The molecule has 0 aliphatic heterocycles. The van der Waals surface area contributed by atoms with E-state index in [1.165, 1.54) is 0 Å². The topological polar surface area (TPSA) is 62.6 Å². The molecule has 0 aromatic carbocycles. The first kappa shape index (κ1) is 19.3. The Morgan fingerprint density at radius 3 is 2.43 bits per heavy atom. The van der Waals surface area contributed by atoms with Crippen LogP contribution in [0.25, 0.3) is 0 Å². The van der Waals surface area contributed by atoms with E-state index in [0.29, 0.717) is 30.8 Å². The smallest absolute Gasteiger partial charge is 0.257 e. The monoisotopic (exact) mass is 322 g/mol. The summed E-state index contributed by atoms with van der Waals surface area (Å²) in [4.78, 5) is 26.4. The minimum atomic E-state index is -0.0483. The maximum Gasteiger partial charge on any atom is 0.257 e. The predicted molar refractivity (Wildman–Crippen MR) is 91.5 cm³/mol. The number of nitrogens with zero attached hydrogens (tertiary/aromatic N) is 1. The van der Waals surface area contributed by atoms with Crippen molar-refractivity contribution in [2.45, 2.75) is 66.3 Å². The second kappa shape index (κ2) is 9.38. The van der Waals surface area contributed by atoms with E-state index >= 15 is 0 Å². The highest BCUT2D eigenvalue weighted by molar-refractivity contribution is 5.95. The Kier molecular flexibility index (Phi) is 7.86. The highest BCUT2D eigenvalue weighted by Crippen LogP contribution is 2.17. The summed E-state index contributed by atoms with van der Waals surface area (Å²) in [7, 11) is 0. The van der Waals surface area contributed by atoms with E-state index in [-0.39, 0.29) is 17.9 Å². The molecule has 23 heavy (non-hydrogen) atoms. The third-order valence-electron chi connectivity index (χ3n) is 3.65. The van der Waals surface area contributed by atoms with Gasteiger partial charge in [-0.1, -0.05) is 19.8 Å². The van der Waals surface area contributed by atoms with E-state index in [1.54, 1.807) is 17.9 Å². The summed E-state index contributed by atoms with van der Waals surface area (Å²) in [6.07, 6.45) is 3.45. The summed E-state index contributed by atoms with van der Waals surface area (Å²) in [6.45, 7) is 10.7. The van der Waals surface area contributed by atoms with Crippen LogP contribution in [-0.4, -0.2) is 35.8 Å². The Balaban J connectivity index is 2.72. The number of aryl methyl sites for hydroxylation is 2. The molecule has 5 nitrogen and oxygen atoms in total. The summed E-state index contributed by atoms with van der Waals surface area (Å²) in [6, 6.07) is 1.89. The van der Waals surface area contributed by atoms with Gasteiger partial charge in [0.15, 0.2) is 0 Å². The quantitative estimate of drug-likeness (QED) is 0.708. The molecule has 1 heterocycles. The molecule has 0 saturated heterocycles. The van der Waals surface area contributed by atoms with Crippen molar-refractivity contribution in [3.8, 4) is 0 Å². The highest BCUT2D eigenvalue weighted by Gasteiger charge is 2.21. The van der Waals surface area contributed by atoms with E-state index in [2.05, 4.69) is 12.2 Å². The van der Waals surface area contributed by atoms with Crippen LogP contribution in [0.1, 0.15) is 68.3 Å². The van der Waals surface area contributed by atoms with Crippen LogP contribution in [0.15, 0.2) is 10.5 Å². The number of carbonyl (C=O) groups is 2. The van der Waals surface area contributed by atoms with Gasteiger partial charge in [-0.3, -0.25) is 9.59 Å². The first-order chi connectivity index (χ1) is 10.8. The fraction of sp³-hybridized carbons (Fsp3) is 0.667. The number of unbranched alkanes of at least 4 members (excludes halogenated alkanes) is 2. The van der Waals surface area contributed by atoms with Crippen molar-refractivity contribution in [2.75, 3.05) is 13.1 Å². The fourth-order valence-electron chi connectivity index (χ4n) is 2.51. The van der Waals surface area contributed by atoms with Crippen LogP contribution < -0.4 is 5.32 Å². The van der Waals surface area contributed by atoms with Gasteiger partial charge >= 0.3 is 0 Å². The van der Waals surface area contributed by atoms with Crippen LogP contribution in [0.5, 0.6) is 0 Å². The maximum absolute atomic E-state index is 12.7. The van der Waals surface area contributed by atoms with E-state index in [1.807, 2.05) is 20.8 Å². The van der Waals surface area contributed by atoms with Crippen molar-refractivity contribution < 1.29 is 14.0 Å². The predicted octanol–water partition coefficient (Wildman–Crippen LogP) is 3.44. The van der Waals surface area contributed by atoms with Gasteiger partial charge in [0.25, 0.3) is 5.91 Å². The molecule has 0 fully saturated rings. The Morgan fingerprint density at radius 1 is 1.22 bits per heavy atom. The Labute approximate surface area is 139 Å². The number of hydrogen-bond donors (Lipinski definition) is 1. The molecule has 0 bridgehead atoms. The van der Waals surface area contributed by atoms with Gasteiger partial charge in [-0.25, -0.2) is 0 Å². The van der Waals surface area contributed by atoms with Gasteiger partial charge < -0.3 is 14.6 Å².